The van der Waals surface area contributed by atoms with Crippen molar-refractivity contribution in [2.45, 2.75) is 25.8 Å². The number of rotatable bonds is 4. The number of carbonyl (C=O) groups is 2. The number of hydrogen-bond acceptors (Lipinski definition) is 7. The monoisotopic (exact) mass is 424 g/mol. The van der Waals surface area contributed by atoms with Gasteiger partial charge >= 0.3 is 5.91 Å². The van der Waals surface area contributed by atoms with Gasteiger partial charge in [-0.15, -0.1) is 10.2 Å². The van der Waals surface area contributed by atoms with Gasteiger partial charge in [0.15, 0.2) is 0 Å². The van der Waals surface area contributed by atoms with E-state index >= 15 is 0 Å². The lowest BCUT2D eigenvalue weighted by atomic mass is 9.96. The van der Waals surface area contributed by atoms with Crippen molar-refractivity contribution < 1.29 is 19.1 Å². The normalized spacial score (nSPS) is 18.4. The molecule has 1 aliphatic heterocycles. The van der Waals surface area contributed by atoms with Gasteiger partial charge in [-0.05, 0) is 35.9 Å². The Balaban J connectivity index is 1.91. The zero-order valence-corrected chi connectivity index (χ0v) is 16.9. The Labute approximate surface area is 175 Å². The largest absolute Gasteiger partial charge is 0.507 e. The van der Waals surface area contributed by atoms with E-state index in [9.17, 15) is 19.1 Å². The molecular weight excluding hydrogens is 407 g/mol. The summed E-state index contributed by atoms with van der Waals surface area (Å²) >= 11 is 1.21. The number of carbonyl (C=O) groups excluding carboxylic acids is 2. The molecule has 0 spiro atoms. The Hall–Kier alpha value is -3.46. The lowest BCUT2D eigenvalue weighted by molar-refractivity contribution is -0.132. The van der Waals surface area contributed by atoms with Gasteiger partial charge in [0.1, 0.15) is 16.6 Å². The molecule has 1 aliphatic rings. The molecular formula is C21H17FN4O3S. The fourth-order valence-corrected chi connectivity index (χ4v) is 4.08. The van der Waals surface area contributed by atoms with Crippen LogP contribution in [-0.2, 0) is 9.59 Å². The van der Waals surface area contributed by atoms with Crippen molar-refractivity contribution in [3.05, 3.63) is 76.3 Å². The average Bonchev–Trinajstić information content (AvgIpc) is 3.32. The summed E-state index contributed by atoms with van der Waals surface area (Å²) in [5.74, 6) is -2.45. The topological polar surface area (TPSA) is 96.3 Å². The Morgan fingerprint density at radius 3 is 2.50 bits per heavy atom. The molecule has 152 valence electrons. The molecule has 30 heavy (non-hydrogen) atoms. The van der Waals surface area contributed by atoms with Crippen LogP contribution in [0.15, 0.2) is 54.4 Å². The quantitative estimate of drug-likeness (QED) is 0.389. The number of pyridine rings is 1. The van der Waals surface area contributed by atoms with Crippen LogP contribution in [0.25, 0.3) is 5.76 Å². The van der Waals surface area contributed by atoms with E-state index < -0.39 is 29.3 Å². The van der Waals surface area contributed by atoms with Crippen molar-refractivity contribution in [2.75, 3.05) is 4.90 Å². The number of halogens is 1. The Kier molecular flexibility index (Phi) is 5.13. The van der Waals surface area contributed by atoms with E-state index in [0.717, 1.165) is 5.01 Å². The van der Waals surface area contributed by atoms with Gasteiger partial charge in [0.25, 0.3) is 5.78 Å². The highest BCUT2D eigenvalue weighted by Gasteiger charge is 2.48. The SMILES string of the molecule is CC(C)c1nnc(N2C(=O)C(=O)/C(=C(\O)c3ccc(F)cc3)C2c2cccnc2)s1. The van der Waals surface area contributed by atoms with Crippen molar-refractivity contribution in [3.8, 4) is 0 Å². The summed E-state index contributed by atoms with van der Waals surface area (Å²) in [6.07, 6.45) is 3.09. The van der Waals surface area contributed by atoms with Crippen LogP contribution >= 0.6 is 11.3 Å². The lowest BCUT2D eigenvalue weighted by Crippen LogP contribution is -2.29. The number of aliphatic hydroxyl groups excluding tert-OH is 1. The van der Waals surface area contributed by atoms with E-state index in [4.69, 9.17) is 0 Å². The van der Waals surface area contributed by atoms with E-state index in [-0.39, 0.29) is 22.2 Å². The molecule has 9 heteroatoms. The number of Topliss-reactive ketones (excluding diaryl/α,β-unsaturated/α-hetero) is 1. The number of anilines is 1. The maximum absolute atomic E-state index is 13.3. The number of amides is 1. The van der Waals surface area contributed by atoms with Gasteiger partial charge < -0.3 is 5.11 Å². The summed E-state index contributed by atoms with van der Waals surface area (Å²) in [7, 11) is 0. The zero-order valence-electron chi connectivity index (χ0n) is 16.1. The van der Waals surface area contributed by atoms with E-state index in [1.807, 2.05) is 13.8 Å². The maximum Gasteiger partial charge on any atom is 0.301 e. The molecule has 2 aromatic heterocycles. The van der Waals surface area contributed by atoms with Crippen LogP contribution in [0.1, 0.15) is 41.9 Å². The summed E-state index contributed by atoms with van der Waals surface area (Å²) in [4.78, 5) is 31.2. The number of aromatic nitrogens is 3. The summed E-state index contributed by atoms with van der Waals surface area (Å²) in [5.41, 5.74) is 0.644. The van der Waals surface area contributed by atoms with Crippen molar-refractivity contribution in [3.63, 3.8) is 0 Å². The van der Waals surface area contributed by atoms with E-state index in [0.29, 0.717) is 5.56 Å². The highest BCUT2D eigenvalue weighted by Crippen LogP contribution is 2.43. The van der Waals surface area contributed by atoms with Crippen LogP contribution in [-0.4, -0.2) is 32.0 Å². The molecule has 3 aromatic rings. The molecule has 0 bridgehead atoms. The molecule has 0 aliphatic carbocycles. The molecule has 1 atom stereocenters. The van der Waals surface area contributed by atoms with Crippen LogP contribution in [0.2, 0.25) is 0 Å². The second kappa shape index (κ2) is 7.75. The second-order valence-corrected chi connectivity index (χ2v) is 8.03. The highest BCUT2D eigenvalue weighted by atomic mass is 32.1. The zero-order chi connectivity index (χ0) is 21.4. The fraction of sp³-hybridized carbons (Fsp3) is 0.190. The van der Waals surface area contributed by atoms with Gasteiger partial charge in [0, 0.05) is 23.9 Å². The maximum atomic E-state index is 13.3. The van der Waals surface area contributed by atoms with Gasteiger partial charge in [-0.3, -0.25) is 19.5 Å². The van der Waals surface area contributed by atoms with Gasteiger partial charge in [0.2, 0.25) is 5.13 Å². The Morgan fingerprint density at radius 2 is 1.90 bits per heavy atom. The number of ketones is 1. The molecule has 1 N–H and O–H groups in total. The standard InChI is InChI=1S/C21H17FN4O3S/c1-11(2)19-24-25-21(30-19)26-16(13-4-3-9-23-10-13)15(18(28)20(26)29)17(27)12-5-7-14(22)8-6-12/h3-11,16,27H,1-2H3/b17-15-. The predicted molar refractivity (Wildman–Crippen MR) is 109 cm³/mol. The first-order valence-corrected chi connectivity index (χ1v) is 10.0. The van der Waals surface area contributed by atoms with Crippen molar-refractivity contribution >= 4 is 33.9 Å². The van der Waals surface area contributed by atoms with Crippen LogP contribution in [0, 0.1) is 5.82 Å². The molecule has 0 saturated carbocycles. The minimum atomic E-state index is -0.934. The summed E-state index contributed by atoms with van der Waals surface area (Å²) in [6.45, 7) is 3.90. The molecule has 1 saturated heterocycles. The number of hydrogen-bond donors (Lipinski definition) is 1. The smallest absolute Gasteiger partial charge is 0.301 e. The van der Waals surface area contributed by atoms with Crippen LogP contribution < -0.4 is 4.90 Å². The first-order valence-electron chi connectivity index (χ1n) is 9.18. The molecule has 4 rings (SSSR count). The molecule has 1 amide bonds. The summed E-state index contributed by atoms with van der Waals surface area (Å²) < 4.78 is 13.3. The Bertz CT molecular complexity index is 1140. The third kappa shape index (κ3) is 3.37. The van der Waals surface area contributed by atoms with E-state index in [1.165, 1.54) is 46.7 Å². The van der Waals surface area contributed by atoms with Crippen LogP contribution in [0.4, 0.5) is 9.52 Å². The second-order valence-electron chi connectivity index (χ2n) is 7.04. The average molecular weight is 424 g/mol. The third-order valence-corrected chi connectivity index (χ3v) is 5.92. The molecule has 0 radical (unpaired) electrons. The van der Waals surface area contributed by atoms with E-state index in [1.54, 1.807) is 18.3 Å². The number of benzene rings is 1. The molecule has 1 aromatic carbocycles. The predicted octanol–water partition coefficient (Wildman–Crippen LogP) is 3.82. The van der Waals surface area contributed by atoms with Crippen LogP contribution in [0.5, 0.6) is 0 Å². The lowest BCUT2D eigenvalue weighted by Gasteiger charge is -2.22. The summed E-state index contributed by atoms with van der Waals surface area (Å²) in [6, 6.07) is 7.48. The minimum Gasteiger partial charge on any atom is -0.507 e. The third-order valence-electron chi connectivity index (χ3n) is 4.69. The van der Waals surface area contributed by atoms with Crippen LogP contribution in [0.3, 0.4) is 0 Å². The van der Waals surface area contributed by atoms with E-state index in [2.05, 4.69) is 15.2 Å². The molecule has 7 nitrogen and oxygen atoms in total. The number of nitrogens with zero attached hydrogens (tertiary/aromatic N) is 4. The van der Waals surface area contributed by atoms with Gasteiger partial charge in [-0.25, -0.2) is 4.39 Å². The number of aliphatic hydroxyl groups is 1. The van der Waals surface area contributed by atoms with Crippen molar-refractivity contribution in [1.29, 1.82) is 0 Å². The van der Waals surface area contributed by atoms with Crippen molar-refractivity contribution in [1.82, 2.24) is 15.2 Å². The Morgan fingerprint density at radius 1 is 1.17 bits per heavy atom. The van der Waals surface area contributed by atoms with Gasteiger partial charge in [-0.1, -0.05) is 31.3 Å². The minimum absolute atomic E-state index is 0.101. The molecule has 3 heterocycles. The summed E-state index contributed by atoms with van der Waals surface area (Å²) in [5, 5.41) is 20.1. The molecule has 1 unspecified atom stereocenters. The van der Waals surface area contributed by atoms with Gasteiger partial charge in [0.05, 0.1) is 11.6 Å². The fourth-order valence-electron chi connectivity index (χ4n) is 3.20. The van der Waals surface area contributed by atoms with Gasteiger partial charge in [-0.2, -0.15) is 0 Å². The highest BCUT2D eigenvalue weighted by molar-refractivity contribution is 7.15. The van der Waals surface area contributed by atoms with Crippen molar-refractivity contribution in [2.24, 2.45) is 0 Å². The molecule has 1 fully saturated rings. The first kappa shape index (κ1) is 19.8. The first-order chi connectivity index (χ1) is 14.4.